The lowest BCUT2D eigenvalue weighted by atomic mass is 10.1. The highest BCUT2D eigenvalue weighted by atomic mass is 19.4. The van der Waals surface area contributed by atoms with E-state index in [2.05, 4.69) is 27.7 Å². The highest BCUT2D eigenvalue weighted by molar-refractivity contribution is 5.65. The van der Waals surface area contributed by atoms with Gasteiger partial charge in [0.05, 0.1) is 11.9 Å². The highest BCUT2D eigenvalue weighted by Gasteiger charge is 2.31. The van der Waals surface area contributed by atoms with Crippen molar-refractivity contribution in [1.82, 2.24) is 14.3 Å². The Balaban J connectivity index is 1.74. The smallest absolute Gasteiger partial charge is 0.406 e. The lowest BCUT2D eigenvalue weighted by Crippen LogP contribution is -2.17. The van der Waals surface area contributed by atoms with Gasteiger partial charge >= 0.3 is 6.36 Å². The molecular formula is C19H18F3N3O. The molecule has 2 aromatic heterocycles. The van der Waals surface area contributed by atoms with E-state index in [1.807, 2.05) is 16.7 Å². The molecule has 0 aliphatic carbocycles. The van der Waals surface area contributed by atoms with Gasteiger partial charge in [0, 0.05) is 17.8 Å². The van der Waals surface area contributed by atoms with Crippen LogP contribution in [0.25, 0.3) is 16.9 Å². The summed E-state index contributed by atoms with van der Waals surface area (Å²) in [7, 11) is 2.11. The molecule has 4 rings (SSSR count). The van der Waals surface area contributed by atoms with Crippen LogP contribution in [0.2, 0.25) is 0 Å². The fraction of sp³-hybridized carbons (Fsp3) is 0.316. The summed E-state index contributed by atoms with van der Waals surface area (Å²) in [4.78, 5) is 6.69. The predicted molar refractivity (Wildman–Crippen MR) is 91.9 cm³/mol. The molecule has 7 heteroatoms. The number of hydrogen-bond donors (Lipinski definition) is 0. The van der Waals surface area contributed by atoms with E-state index >= 15 is 0 Å². The fourth-order valence-corrected chi connectivity index (χ4v) is 3.59. The van der Waals surface area contributed by atoms with E-state index in [1.54, 1.807) is 18.3 Å². The molecule has 0 spiro atoms. The van der Waals surface area contributed by atoms with Crippen molar-refractivity contribution in [3.05, 3.63) is 54.4 Å². The molecule has 1 aliphatic heterocycles. The minimum absolute atomic E-state index is 0.239. The van der Waals surface area contributed by atoms with Gasteiger partial charge < -0.3 is 4.74 Å². The number of likely N-dealkylation sites (tertiary alicyclic amines) is 1. The molecular weight excluding hydrogens is 343 g/mol. The summed E-state index contributed by atoms with van der Waals surface area (Å²) in [6.07, 6.45) is 1.25. The number of ether oxygens (including phenoxy) is 1. The van der Waals surface area contributed by atoms with E-state index < -0.39 is 6.36 Å². The summed E-state index contributed by atoms with van der Waals surface area (Å²) < 4.78 is 43.4. The van der Waals surface area contributed by atoms with E-state index in [0.29, 0.717) is 11.6 Å². The largest absolute Gasteiger partial charge is 0.573 e. The average molecular weight is 361 g/mol. The monoisotopic (exact) mass is 361 g/mol. The average Bonchev–Trinajstić information content (AvgIpc) is 3.19. The lowest BCUT2D eigenvalue weighted by Gasteiger charge is -2.20. The van der Waals surface area contributed by atoms with Crippen molar-refractivity contribution in [3.63, 3.8) is 0 Å². The van der Waals surface area contributed by atoms with Gasteiger partial charge in [0.1, 0.15) is 11.4 Å². The van der Waals surface area contributed by atoms with Gasteiger partial charge in [0.25, 0.3) is 0 Å². The Morgan fingerprint density at radius 1 is 1.19 bits per heavy atom. The van der Waals surface area contributed by atoms with Crippen molar-refractivity contribution in [2.45, 2.75) is 25.2 Å². The normalized spacial score (nSPS) is 18.5. The van der Waals surface area contributed by atoms with Crippen LogP contribution in [-0.4, -0.2) is 34.2 Å². The number of benzene rings is 1. The molecule has 1 aromatic carbocycles. The Morgan fingerprint density at radius 2 is 2.04 bits per heavy atom. The summed E-state index contributed by atoms with van der Waals surface area (Å²) >= 11 is 0. The molecule has 0 amide bonds. The molecule has 1 unspecified atom stereocenters. The second-order valence-electron chi connectivity index (χ2n) is 6.55. The van der Waals surface area contributed by atoms with Crippen LogP contribution in [0, 0.1) is 0 Å². The second-order valence-corrected chi connectivity index (χ2v) is 6.55. The third kappa shape index (κ3) is 3.26. The quantitative estimate of drug-likeness (QED) is 0.679. The first-order valence-electron chi connectivity index (χ1n) is 8.44. The number of hydrogen-bond acceptors (Lipinski definition) is 3. The molecule has 1 atom stereocenters. The van der Waals surface area contributed by atoms with E-state index in [9.17, 15) is 13.2 Å². The van der Waals surface area contributed by atoms with E-state index in [1.165, 1.54) is 17.7 Å². The summed E-state index contributed by atoms with van der Waals surface area (Å²) in [5.74, 6) is -0.239. The van der Waals surface area contributed by atoms with Crippen molar-refractivity contribution in [3.8, 4) is 17.0 Å². The van der Waals surface area contributed by atoms with Gasteiger partial charge in [0.2, 0.25) is 0 Å². The number of fused-ring (bicyclic) bond motifs is 1. The maximum absolute atomic E-state index is 12.5. The Bertz CT molecular complexity index is 935. The molecule has 26 heavy (non-hydrogen) atoms. The molecule has 0 radical (unpaired) electrons. The number of aromatic nitrogens is 2. The molecule has 136 valence electrons. The Labute approximate surface area is 148 Å². The van der Waals surface area contributed by atoms with Crippen molar-refractivity contribution in [2.24, 2.45) is 0 Å². The van der Waals surface area contributed by atoms with Gasteiger partial charge in [-0.1, -0.05) is 18.2 Å². The number of nitrogens with zero attached hydrogens (tertiary/aromatic N) is 3. The third-order valence-corrected chi connectivity index (χ3v) is 4.80. The number of halogens is 3. The zero-order chi connectivity index (χ0) is 18.3. The molecule has 3 heterocycles. The van der Waals surface area contributed by atoms with Crippen LogP contribution >= 0.6 is 0 Å². The van der Waals surface area contributed by atoms with Crippen LogP contribution in [0.4, 0.5) is 13.2 Å². The van der Waals surface area contributed by atoms with Crippen LogP contribution in [0.3, 0.4) is 0 Å². The van der Waals surface area contributed by atoms with Crippen LogP contribution in [0.1, 0.15) is 24.4 Å². The topological polar surface area (TPSA) is 29.8 Å². The minimum Gasteiger partial charge on any atom is -0.406 e. The van der Waals surface area contributed by atoms with E-state index in [-0.39, 0.29) is 5.75 Å². The first-order chi connectivity index (χ1) is 12.4. The number of alkyl halides is 3. The van der Waals surface area contributed by atoms with Crippen LogP contribution in [0.5, 0.6) is 5.75 Å². The summed E-state index contributed by atoms with van der Waals surface area (Å²) in [6, 6.07) is 10.3. The molecule has 1 saturated heterocycles. The Kier molecular flexibility index (Phi) is 4.11. The Morgan fingerprint density at radius 3 is 2.77 bits per heavy atom. The summed E-state index contributed by atoms with van der Waals surface area (Å²) in [6.45, 7) is 1.07. The van der Waals surface area contributed by atoms with Gasteiger partial charge in [-0.15, -0.1) is 13.2 Å². The van der Waals surface area contributed by atoms with Crippen LogP contribution in [0.15, 0.2) is 48.8 Å². The van der Waals surface area contributed by atoms with Crippen molar-refractivity contribution in [2.75, 3.05) is 13.6 Å². The van der Waals surface area contributed by atoms with Crippen LogP contribution < -0.4 is 4.74 Å². The zero-order valence-electron chi connectivity index (χ0n) is 14.2. The summed E-state index contributed by atoms with van der Waals surface area (Å²) in [5, 5.41) is 0. The van der Waals surface area contributed by atoms with Gasteiger partial charge in [-0.05, 0) is 50.2 Å². The van der Waals surface area contributed by atoms with Crippen molar-refractivity contribution >= 4 is 5.65 Å². The highest BCUT2D eigenvalue weighted by Crippen LogP contribution is 2.32. The zero-order valence-corrected chi connectivity index (χ0v) is 14.2. The molecule has 3 aromatic rings. The van der Waals surface area contributed by atoms with E-state index in [4.69, 9.17) is 0 Å². The lowest BCUT2D eigenvalue weighted by molar-refractivity contribution is -0.274. The predicted octanol–water partition coefficient (Wildman–Crippen LogP) is 4.67. The summed E-state index contributed by atoms with van der Waals surface area (Å²) in [5.41, 5.74) is 3.29. The minimum atomic E-state index is -4.71. The van der Waals surface area contributed by atoms with Gasteiger partial charge in [0.15, 0.2) is 0 Å². The number of imidazole rings is 1. The maximum atomic E-state index is 12.5. The molecule has 1 aliphatic rings. The van der Waals surface area contributed by atoms with Crippen molar-refractivity contribution < 1.29 is 17.9 Å². The second kappa shape index (κ2) is 6.32. The molecule has 1 fully saturated rings. The first-order valence-corrected chi connectivity index (χ1v) is 8.44. The number of pyridine rings is 1. The van der Waals surface area contributed by atoms with Crippen molar-refractivity contribution in [1.29, 1.82) is 0 Å². The Hall–Kier alpha value is -2.54. The first kappa shape index (κ1) is 16.9. The van der Waals surface area contributed by atoms with Gasteiger partial charge in [-0.2, -0.15) is 0 Å². The van der Waals surface area contributed by atoms with Gasteiger partial charge in [-0.3, -0.25) is 9.30 Å². The standard InChI is InChI=1S/C19H18F3N3O/c1-24-9-3-6-16(24)14-7-8-18-23-11-17(25(18)12-14)13-4-2-5-15(10-13)26-19(20,21)22/h2,4-5,7-8,10-12,16H,3,6,9H2,1H3. The van der Waals surface area contributed by atoms with Crippen LogP contribution in [-0.2, 0) is 0 Å². The SMILES string of the molecule is CN1CCCC1c1ccc2ncc(-c3cccc(OC(F)(F)F)c3)n2c1. The molecule has 0 saturated carbocycles. The van der Waals surface area contributed by atoms with E-state index in [0.717, 1.165) is 30.7 Å². The number of rotatable bonds is 3. The maximum Gasteiger partial charge on any atom is 0.573 e. The molecule has 0 N–H and O–H groups in total. The third-order valence-electron chi connectivity index (χ3n) is 4.80. The molecule has 4 nitrogen and oxygen atoms in total. The molecule has 0 bridgehead atoms. The fourth-order valence-electron chi connectivity index (χ4n) is 3.59. The van der Waals surface area contributed by atoms with Gasteiger partial charge in [-0.25, -0.2) is 4.98 Å².